The zero-order chi connectivity index (χ0) is 14.8. The van der Waals surface area contributed by atoms with Gasteiger partial charge in [0.25, 0.3) is 0 Å². The summed E-state index contributed by atoms with van der Waals surface area (Å²) in [6, 6.07) is 6.76. The minimum atomic E-state index is 0.208. The highest BCUT2D eigenvalue weighted by atomic mass is 16.5. The lowest BCUT2D eigenvalue weighted by Crippen LogP contribution is -2.33. The van der Waals surface area contributed by atoms with E-state index in [2.05, 4.69) is 54.4 Å². The predicted molar refractivity (Wildman–Crippen MR) is 82.2 cm³/mol. The summed E-state index contributed by atoms with van der Waals surface area (Å²) in [4.78, 5) is 4.60. The standard InChI is InChI=1S/C17H23N3O/c1-11-7-12(2)9-14(8-11)10-15-19-17(21-20-15)16-13(3)5-4-6-18-16/h7-9,13,16,18H,4-6,10H2,1-3H3. The van der Waals surface area contributed by atoms with Crippen molar-refractivity contribution in [2.45, 2.75) is 46.1 Å². The maximum absolute atomic E-state index is 5.48. The Kier molecular flexibility index (Phi) is 4.06. The van der Waals surface area contributed by atoms with Crippen molar-refractivity contribution in [1.82, 2.24) is 15.5 Å². The van der Waals surface area contributed by atoms with Gasteiger partial charge in [-0.05, 0) is 44.7 Å². The van der Waals surface area contributed by atoms with Crippen molar-refractivity contribution in [3.8, 4) is 0 Å². The maximum atomic E-state index is 5.48. The third-order valence-electron chi connectivity index (χ3n) is 4.16. The van der Waals surface area contributed by atoms with Gasteiger partial charge >= 0.3 is 0 Å². The van der Waals surface area contributed by atoms with Gasteiger partial charge in [0.15, 0.2) is 5.82 Å². The van der Waals surface area contributed by atoms with Gasteiger partial charge in [-0.3, -0.25) is 0 Å². The predicted octanol–water partition coefficient (Wildman–Crippen LogP) is 3.34. The normalized spacial score (nSPS) is 22.4. The van der Waals surface area contributed by atoms with E-state index in [4.69, 9.17) is 4.52 Å². The van der Waals surface area contributed by atoms with E-state index < -0.39 is 0 Å². The van der Waals surface area contributed by atoms with Crippen molar-refractivity contribution < 1.29 is 4.52 Å². The van der Waals surface area contributed by atoms with Crippen LogP contribution in [-0.4, -0.2) is 16.7 Å². The van der Waals surface area contributed by atoms with Crippen LogP contribution in [0, 0.1) is 19.8 Å². The Morgan fingerprint density at radius 3 is 2.71 bits per heavy atom. The van der Waals surface area contributed by atoms with E-state index in [0.29, 0.717) is 5.92 Å². The van der Waals surface area contributed by atoms with Crippen LogP contribution in [0.2, 0.25) is 0 Å². The van der Waals surface area contributed by atoms with E-state index in [1.54, 1.807) is 0 Å². The Bertz CT molecular complexity index is 600. The molecule has 0 saturated carbocycles. The zero-order valence-electron chi connectivity index (χ0n) is 13.0. The number of benzene rings is 1. The maximum Gasteiger partial charge on any atom is 0.244 e. The summed E-state index contributed by atoms with van der Waals surface area (Å²) in [5.41, 5.74) is 3.79. The lowest BCUT2D eigenvalue weighted by Gasteiger charge is -2.26. The topological polar surface area (TPSA) is 51.0 Å². The fourth-order valence-electron chi connectivity index (χ4n) is 3.20. The quantitative estimate of drug-likeness (QED) is 0.939. The van der Waals surface area contributed by atoms with Crippen molar-refractivity contribution in [3.63, 3.8) is 0 Å². The van der Waals surface area contributed by atoms with E-state index in [0.717, 1.165) is 24.7 Å². The first-order valence-electron chi connectivity index (χ1n) is 7.75. The summed E-state index contributed by atoms with van der Waals surface area (Å²) in [5.74, 6) is 2.06. The Balaban J connectivity index is 1.75. The van der Waals surface area contributed by atoms with Gasteiger partial charge in [0.2, 0.25) is 5.89 Å². The van der Waals surface area contributed by atoms with Crippen LogP contribution in [0.1, 0.15) is 54.2 Å². The molecule has 0 bridgehead atoms. The molecule has 0 radical (unpaired) electrons. The van der Waals surface area contributed by atoms with Crippen LogP contribution in [0.3, 0.4) is 0 Å². The van der Waals surface area contributed by atoms with E-state index in [9.17, 15) is 0 Å². The average molecular weight is 285 g/mol. The number of rotatable bonds is 3. The molecule has 0 spiro atoms. The number of hydrogen-bond donors (Lipinski definition) is 1. The van der Waals surface area contributed by atoms with E-state index in [1.165, 1.54) is 29.5 Å². The number of nitrogens with zero attached hydrogens (tertiary/aromatic N) is 2. The second-order valence-corrected chi connectivity index (χ2v) is 6.27. The summed E-state index contributed by atoms with van der Waals surface area (Å²) in [5, 5.41) is 7.64. The third kappa shape index (κ3) is 3.32. The van der Waals surface area contributed by atoms with Crippen molar-refractivity contribution >= 4 is 0 Å². The minimum Gasteiger partial charge on any atom is -0.338 e. The van der Waals surface area contributed by atoms with Crippen LogP contribution in [0.25, 0.3) is 0 Å². The highest BCUT2D eigenvalue weighted by Crippen LogP contribution is 2.27. The molecule has 112 valence electrons. The monoisotopic (exact) mass is 285 g/mol. The first-order valence-corrected chi connectivity index (χ1v) is 7.75. The molecule has 4 heteroatoms. The van der Waals surface area contributed by atoms with E-state index >= 15 is 0 Å². The zero-order valence-corrected chi connectivity index (χ0v) is 13.0. The molecular formula is C17H23N3O. The minimum absolute atomic E-state index is 0.208. The van der Waals surface area contributed by atoms with Gasteiger partial charge in [0.05, 0.1) is 6.04 Å². The highest BCUT2D eigenvalue weighted by molar-refractivity contribution is 5.30. The molecular weight excluding hydrogens is 262 g/mol. The van der Waals surface area contributed by atoms with Gasteiger partial charge < -0.3 is 9.84 Å². The average Bonchev–Trinajstić information content (AvgIpc) is 2.86. The molecule has 1 aromatic heterocycles. The number of piperidine rings is 1. The second kappa shape index (κ2) is 5.98. The number of aryl methyl sites for hydroxylation is 2. The SMILES string of the molecule is Cc1cc(C)cc(Cc2noc(C3NCCCC3C)n2)c1. The largest absolute Gasteiger partial charge is 0.338 e. The molecule has 4 nitrogen and oxygen atoms in total. The van der Waals surface area contributed by atoms with Crippen LogP contribution in [-0.2, 0) is 6.42 Å². The summed E-state index contributed by atoms with van der Waals surface area (Å²) in [6.07, 6.45) is 3.17. The summed E-state index contributed by atoms with van der Waals surface area (Å²) >= 11 is 0. The van der Waals surface area contributed by atoms with Crippen molar-refractivity contribution in [3.05, 3.63) is 46.6 Å². The number of aromatic nitrogens is 2. The van der Waals surface area contributed by atoms with Gasteiger partial charge in [-0.15, -0.1) is 0 Å². The van der Waals surface area contributed by atoms with Gasteiger partial charge in [-0.2, -0.15) is 4.98 Å². The Morgan fingerprint density at radius 1 is 1.24 bits per heavy atom. The molecule has 1 N–H and O–H groups in total. The van der Waals surface area contributed by atoms with Gasteiger partial charge in [-0.1, -0.05) is 41.4 Å². The molecule has 0 aliphatic carbocycles. The summed E-state index contributed by atoms with van der Waals surface area (Å²) in [7, 11) is 0. The van der Waals surface area contributed by atoms with Crippen LogP contribution in [0.4, 0.5) is 0 Å². The molecule has 2 atom stereocenters. The molecule has 1 aliphatic heterocycles. The van der Waals surface area contributed by atoms with Crippen LogP contribution in [0.5, 0.6) is 0 Å². The second-order valence-electron chi connectivity index (χ2n) is 6.27. The molecule has 2 unspecified atom stereocenters. The fraction of sp³-hybridized carbons (Fsp3) is 0.529. The summed E-state index contributed by atoms with van der Waals surface area (Å²) in [6.45, 7) is 7.51. The third-order valence-corrected chi connectivity index (χ3v) is 4.16. The van der Waals surface area contributed by atoms with E-state index in [-0.39, 0.29) is 6.04 Å². The Hall–Kier alpha value is -1.68. The molecule has 0 amide bonds. The van der Waals surface area contributed by atoms with Crippen molar-refractivity contribution in [2.24, 2.45) is 5.92 Å². The Labute approximate surface area is 126 Å². The molecule has 1 fully saturated rings. The molecule has 1 saturated heterocycles. The van der Waals surface area contributed by atoms with Gasteiger partial charge in [0.1, 0.15) is 0 Å². The molecule has 3 rings (SSSR count). The van der Waals surface area contributed by atoms with Crippen molar-refractivity contribution in [2.75, 3.05) is 6.54 Å². The smallest absolute Gasteiger partial charge is 0.244 e. The fourth-order valence-corrected chi connectivity index (χ4v) is 3.20. The molecule has 2 heterocycles. The molecule has 21 heavy (non-hydrogen) atoms. The lowest BCUT2D eigenvalue weighted by atomic mass is 9.93. The van der Waals surface area contributed by atoms with Crippen molar-refractivity contribution in [1.29, 1.82) is 0 Å². The Morgan fingerprint density at radius 2 is 2.00 bits per heavy atom. The first-order chi connectivity index (χ1) is 10.1. The summed E-state index contributed by atoms with van der Waals surface area (Å²) < 4.78 is 5.48. The van der Waals surface area contributed by atoms with Crippen LogP contribution in [0.15, 0.2) is 22.7 Å². The van der Waals surface area contributed by atoms with Gasteiger partial charge in [-0.25, -0.2) is 0 Å². The molecule has 1 aromatic carbocycles. The number of hydrogen-bond acceptors (Lipinski definition) is 4. The highest BCUT2D eigenvalue weighted by Gasteiger charge is 2.27. The van der Waals surface area contributed by atoms with E-state index in [1.807, 2.05) is 0 Å². The molecule has 2 aromatic rings. The number of nitrogens with one attached hydrogen (secondary N) is 1. The molecule has 1 aliphatic rings. The van der Waals surface area contributed by atoms with Crippen LogP contribution < -0.4 is 5.32 Å². The van der Waals surface area contributed by atoms with Gasteiger partial charge in [0, 0.05) is 6.42 Å². The lowest BCUT2D eigenvalue weighted by molar-refractivity contribution is 0.239. The first kappa shape index (κ1) is 14.3. The van der Waals surface area contributed by atoms with Crippen LogP contribution >= 0.6 is 0 Å².